The third kappa shape index (κ3) is 4.85. The first kappa shape index (κ1) is 20.9. The molecule has 0 aliphatic carbocycles. The molecular formula is C16H18ClN3O6S. The number of ether oxygens (including phenoxy) is 1. The van der Waals surface area contributed by atoms with Crippen LogP contribution in [0.25, 0.3) is 0 Å². The molecular weight excluding hydrogens is 398 g/mol. The lowest BCUT2D eigenvalue weighted by molar-refractivity contribution is -0.123. The lowest BCUT2D eigenvalue weighted by Gasteiger charge is -2.15. The second kappa shape index (κ2) is 8.07. The fourth-order valence-electron chi connectivity index (χ4n) is 1.96. The Bertz CT molecular complexity index is 970. The maximum atomic E-state index is 12.4. The van der Waals surface area contributed by atoms with E-state index in [-0.39, 0.29) is 21.3 Å². The van der Waals surface area contributed by atoms with Gasteiger partial charge < -0.3 is 14.6 Å². The Balaban J connectivity index is 2.16. The van der Waals surface area contributed by atoms with Gasteiger partial charge in [0.15, 0.2) is 11.9 Å². The Kier molecular flexibility index (Phi) is 6.24. The van der Waals surface area contributed by atoms with Gasteiger partial charge in [0, 0.05) is 20.2 Å². The molecule has 1 heterocycles. The molecule has 0 aliphatic heterocycles. The quantitative estimate of drug-likeness (QED) is 0.717. The Morgan fingerprint density at radius 3 is 2.52 bits per heavy atom. The lowest BCUT2D eigenvalue weighted by atomic mass is 10.2. The monoisotopic (exact) mass is 415 g/mol. The van der Waals surface area contributed by atoms with E-state index in [2.05, 4.69) is 10.5 Å². The minimum absolute atomic E-state index is 0.00237. The second-order valence-corrected chi connectivity index (χ2v) is 8.35. The molecule has 11 heteroatoms. The highest BCUT2D eigenvalue weighted by molar-refractivity contribution is 7.89. The van der Waals surface area contributed by atoms with Gasteiger partial charge in [-0.2, -0.15) is 0 Å². The highest BCUT2D eigenvalue weighted by Gasteiger charge is 2.24. The molecule has 1 aromatic carbocycles. The Labute approximate surface area is 161 Å². The maximum absolute atomic E-state index is 12.4. The van der Waals surface area contributed by atoms with E-state index in [1.807, 2.05) is 0 Å². The molecule has 27 heavy (non-hydrogen) atoms. The molecule has 1 amide bonds. The zero-order valence-electron chi connectivity index (χ0n) is 15.0. The predicted molar refractivity (Wildman–Crippen MR) is 97.1 cm³/mol. The van der Waals surface area contributed by atoms with E-state index >= 15 is 0 Å². The van der Waals surface area contributed by atoms with Crippen LogP contribution in [0.3, 0.4) is 0 Å². The number of rotatable bonds is 6. The first-order valence-corrected chi connectivity index (χ1v) is 9.51. The minimum Gasteiger partial charge on any atom is -0.449 e. The van der Waals surface area contributed by atoms with Crippen molar-refractivity contribution in [3.8, 4) is 0 Å². The van der Waals surface area contributed by atoms with Crippen LogP contribution in [0.2, 0.25) is 5.02 Å². The molecule has 0 spiro atoms. The van der Waals surface area contributed by atoms with E-state index in [1.165, 1.54) is 39.2 Å². The average Bonchev–Trinajstić information content (AvgIpc) is 2.99. The summed E-state index contributed by atoms with van der Waals surface area (Å²) in [5, 5.41) is 6.03. The van der Waals surface area contributed by atoms with E-state index in [9.17, 15) is 18.0 Å². The van der Waals surface area contributed by atoms with Crippen LogP contribution in [0.15, 0.2) is 33.7 Å². The van der Waals surface area contributed by atoms with Crippen molar-refractivity contribution in [1.82, 2.24) is 9.46 Å². The van der Waals surface area contributed by atoms with Crippen LogP contribution >= 0.6 is 11.6 Å². The topological polar surface area (TPSA) is 119 Å². The van der Waals surface area contributed by atoms with Crippen molar-refractivity contribution in [2.75, 3.05) is 19.4 Å². The summed E-state index contributed by atoms with van der Waals surface area (Å²) in [6.45, 7) is 3.01. The van der Waals surface area contributed by atoms with Crippen molar-refractivity contribution in [2.24, 2.45) is 0 Å². The summed E-state index contributed by atoms with van der Waals surface area (Å²) in [4.78, 5) is 24.3. The molecule has 0 saturated carbocycles. The fraction of sp³-hybridized carbons (Fsp3) is 0.312. The zero-order chi connectivity index (χ0) is 20.4. The smallest absolute Gasteiger partial charge is 0.340 e. The predicted octanol–water partition coefficient (Wildman–Crippen LogP) is 2.07. The molecule has 0 unspecified atom stereocenters. The summed E-state index contributed by atoms with van der Waals surface area (Å²) in [6, 6.07) is 5.15. The molecule has 146 valence electrons. The number of amides is 1. The normalized spacial score (nSPS) is 12.7. The Hall–Kier alpha value is -2.43. The molecule has 0 saturated heterocycles. The highest BCUT2D eigenvalue weighted by Crippen LogP contribution is 2.23. The van der Waals surface area contributed by atoms with Gasteiger partial charge in [0.2, 0.25) is 10.0 Å². The third-order valence-corrected chi connectivity index (χ3v) is 5.61. The van der Waals surface area contributed by atoms with Crippen molar-refractivity contribution in [3.63, 3.8) is 0 Å². The van der Waals surface area contributed by atoms with Crippen LogP contribution < -0.4 is 5.32 Å². The first-order chi connectivity index (χ1) is 12.5. The highest BCUT2D eigenvalue weighted by atomic mass is 35.5. The summed E-state index contributed by atoms with van der Waals surface area (Å²) in [6.07, 6.45) is -1.18. The molecule has 0 radical (unpaired) electrons. The van der Waals surface area contributed by atoms with E-state index in [0.717, 1.165) is 10.4 Å². The van der Waals surface area contributed by atoms with Crippen molar-refractivity contribution >= 4 is 39.3 Å². The number of hydrogen-bond donors (Lipinski definition) is 1. The Morgan fingerprint density at radius 1 is 1.30 bits per heavy atom. The standard InChI is InChI=1S/C16H18ClN3O6S/c1-9-7-14(19-26-9)18-15(21)10(2)25-16(22)12-8-11(5-6-13(12)17)27(23,24)20(3)4/h5-8,10H,1-4H3,(H,18,19,21)/t10-/m1/s1. The van der Waals surface area contributed by atoms with Gasteiger partial charge in [0.05, 0.1) is 15.5 Å². The van der Waals surface area contributed by atoms with Crippen molar-refractivity contribution in [1.29, 1.82) is 0 Å². The van der Waals surface area contributed by atoms with E-state index in [1.54, 1.807) is 6.92 Å². The number of aryl methyl sites for hydroxylation is 1. The number of esters is 1. The van der Waals surface area contributed by atoms with Crippen molar-refractivity contribution < 1.29 is 27.3 Å². The van der Waals surface area contributed by atoms with Gasteiger partial charge >= 0.3 is 5.97 Å². The maximum Gasteiger partial charge on any atom is 0.340 e. The number of sulfonamides is 1. The van der Waals surface area contributed by atoms with Gasteiger partial charge in [-0.05, 0) is 32.0 Å². The molecule has 0 aliphatic rings. The molecule has 0 fully saturated rings. The summed E-state index contributed by atoms with van der Waals surface area (Å²) in [7, 11) is -1.04. The van der Waals surface area contributed by atoms with Crippen molar-refractivity contribution in [2.45, 2.75) is 24.8 Å². The zero-order valence-corrected chi connectivity index (χ0v) is 16.6. The number of halogens is 1. The van der Waals surface area contributed by atoms with Gasteiger partial charge in [0.1, 0.15) is 5.76 Å². The SMILES string of the molecule is Cc1cc(NC(=O)[C@@H](C)OC(=O)c2cc(S(=O)(=O)N(C)C)ccc2Cl)no1. The van der Waals surface area contributed by atoms with Crippen LogP contribution in [0.1, 0.15) is 23.0 Å². The average molecular weight is 416 g/mol. The van der Waals surface area contributed by atoms with Crippen LogP contribution in [-0.4, -0.2) is 50.0 Å². The second-order valence-electron chi connectivity index (χ2n) is 5.79. The molecule has 1 aromatic heterocycles. The van der Waals surface area contributed by atoms with Gasteiger partial charge in [-0.1, -0.05) is 16.8 Å². The molecule has 2 rings (SSSR count). The van der Waals surface area contributed by atoms with Gasteiger partial charge in [-0.25, -0.2) is 17.5 Å². The molecule has 1 N–H and O–H groups in total. The summed E-state index contributed by atoms with van der Waals surface area (Å²) in [5.41, 5.74) is -0.170. The number of anilines is 1. The Morgan fingerprint density at radius 2 is 1.96 bits per heavy atom. The molecule has 1 atom stereocenters. The van der Waals surface area contributed by atoms with E-state index in [4.69, 9.17) is 20.9 Å². The van der Waals surface area contributed by atoms with Crippen LogP contribution in [-0.2, 0) is 19.6 Å². The largest absolute Gasteiger partial charge is 0.449 e. The summed E-state index contributed by atoms with van der Waals surface area (Å²) < 4.78 is 35.3. The third-order valence-electron chi connectivity index (χ3n) is 3.47. The van der Waals surface area contributed by atoms with Crippen LogP contribution in [0.4, 0.5) is 5.82 Å². The van der Waals surface area contributed by atoms with Crippen LogP contribution in [0.5, 0.6) is 0 Å². The number of nitrogens with zero attached hydrogens (tertiary/aromatic N) is 2. The molecule has 9 nitrogen and oxygen atoms in total. The number of carbonyl (C=O) groups is 2. The molecule has 0 bridgehead atoms. The molecule has 2 aromatic rings. The van der Waals surface area contributed by atoms with Gasteiger partial charge in [-0.15, -0.1) is 0 Å². The van der Waals surface area contributed by atoms with Gasteiger partial charge in [0.25, 0.3) is 5.91 Å². The lowest BCUT2D eigenvalue weighted by Crippen LogP contribution is -2.30. The summed E-state index contributed by atoms with van der Waals surface area (Å²) >= 11 is 5.98. The number of hydrogen-bond acceptors (Lipinski definition) is 7. The van der Waals surface area contributed by atoms with E-state index < -0.39 is 28.0 Å². The number of carbonyl (C=O) groups excluding carboxylic acids is 2. The minimum atomic E-state index is -3.76. The van der Waals surface area contributed by atoms with Crippen LogP contribution in [0, 0.1) is 6.92 Å². The summed E-state index contributed by atoms with van der Waals surface area (Å²) in [5.74, 6) is -0.891. The van der Waals surface area contributed by atoms with E-state index in [0.29, 0.717) is 5.76 Å². The first-order valence-electron chi connectivity index (χ1n) is 7.69. The van der Waals surface area contributed by atoms with Gasteiger partial charge in [-0.3, -0.25) is 4.79 Å². The number of benzene rings is 1. The number of nitrogens with one attached hydrogen (secondary N) is 1. The number of aromatic nitrogens is 1. The van der Waals surface area contributed by atoms with Crippen molar-refractivity contribution in [3.05, 3.63) is 40.6 Å². The fourth-order valence-corrected chi connectivity index (χ4v) is 3.09.